The highest BCUT2D eigenvalue weighted by Crippen LogP contribution is 2.17. The molecule has 2 aliphatic rings. The minimum atomic E-state index is -0.807. The normalized spacial score (nSPS) is 26.5. The Morgan fingerprint density at radius 2 is 1.83 bits per heavy atom. The summed E-state index contributed by atoms with van der Waals surface area (Å²) in [6, 6.07) is -0.471. The maximum absolute atomic E-state index is 12.1. The summed E-state index contributed by atoms with van der Waals surface area (Å²) < 4.78 is 0. The number of aliphatic carboxylic acids is 1. The zero-order valence-corrected chi connectivity index (χ0v) is 10.8. The van der Waals surface area contributed by atoms with Crippen molar-refractivity contribution in [1.29, 1.82) is 0 Å². The minimum absolute atomic E-state index is 0.0660. The van der Waals surface area contributed by atoms with Crippen molar-refractivity contribution in [3.63, 3.8) is 0 Å². The Morgan fingerprint density at radius 1 is 1.17 bits per heavy atom. The van der Waals surface area contributed by atoms with Crippen LogP contribution in [0.15, 0.2) is 0 Å². The third-order valence-electron chi connectivity index (χ3n) is 3.84. The van der Waals surface area contributed by atoms with Gasteiger partial charge in [0.15, 0.2) is 0 Å². The minimum Gasteiger partial charge on any atom is -0.480 e. The highest BCUT2D eigenvalue weighted by atomic mass is 16.4. The molecule has 1 atom stereocenters. The van der Waals surface area contributed by atoms with Crippen LogP contribution >= 0.6 is 0 Å². The van der Waals surface area contributed by atoms with Crippen LogP contribution < -0.4 is 0 Å². The maximum Gasteiger partial charge on any atom is 0.320 e. The van der Waals surface area contributed by atoms with E-state index in [2.05, 4.69) is 4.90 Å². The van der Waals surface area contributed by atoms with Gasteiger partial charge < -0.3 is 14.9 Å². The molecule has 6 heteroatoms. The first-order valence-electron chi connectivity index (χ1n) is 6.51. The quantitative estimate of drug-likeness (QED) is 0.723. The van der Waals surface area contributed by atoms with E-state index in [1.54, 1.807) is 4.90 Å². The Bertz CT molecular complexity index is 327. The monoisotopic (exact) mass is 255 g/mol. The molecule has 102 valence electrons. The summed E-state index contributed by atoms with van der Waals surface area (Å²) >= 11 is 0. The average molecular weight is 255 g/mol. The third kappa shape index (κ3) is 3.00. The molecule has 2 fully saturated rings. The van der Waals surface area contributed by atoms with Gasteiger partial charge in [0.2, 0.25) is 5.91 Å². The van der Waals surface area contributed by atoms with Crippen LogP contribution in [0.1, 0.15) is 12.8 Å². The molecule has 0 aromatic heterocycles. The molecule has 18 heavy (non-hydrogen) atoms. The second-order valence-electron chi connectivity index (χ2n) is 5.15. The number of carbonyl (C=O) groups is 2. The summed E-state index contributed by atoms with van der Waals surface area (Å²) in [5.74, 6) is -0.741. The van der Waals surface area contributed by atoms with Crippen LogP contribution in [-0.2, 0) is 9.59 Å². The maximum atomic E-state index is 12.1. The summed E-state index contributed by atoms with van der Waals surface area (Å²) in [6.45, 7) is 4.27. The fraction of sp³-hybridized carbons (Fsp3) is 0.833. The number of carboxylic acids is 1. The topological polar surface area (TPSA) is 64.1 Å². The Balaban J connectivity index is 1.85. The molecule has 1 N–H and O–H groups in total. The Morgan fingerprint density at radius 3 is 2.44 bits per heavy atom. The number of hydrogen-bond acceptors (Lipinski definition) is 4. The number of carboxylic acid groups (broad SMARTS) is 1. The molecule has 6 nitrogen and oxygen atoms in total. The molecule has 0 aliphatic carbocycles. The van der Waals surface area contributed by atoms with Crippen molar-refractivity contribution in [3.8, 4) is 0 Å². The molecule has 0 radical (unpaired) electrons. The summed E-state index contributed by atoms with van der Waals surface area (Å²) in [5.41, 5.74) is 0. The second-order valence-corrected chi connectivity index (χ2v) is 5.15. The van der Waals surface area contributed by atoms with Crippen molar-refractivity contribution < 1.29 is 14.7 Å². The standard InChI is InChI=1S/C12H21N3O3/c1-13-5-7-14(8-6-13)11(16)9-15-4-2-3-10(15)12(17)18/h10H,2-9H2,1H3,(H,17,18)/t10-/m0/s1. The first-order valence-corrected chi connectivity index (χ1v) is 6.51. The molecule has 2 saturated heterocycles. The summed E-state index contributed by atoms with van der Waals surface area (Å²) in [6.07, 6.45) is 1.53. The van der Waals surface area contributed by atoms with Crippen molar-refractivity contribution in [3.05, 3.63) is 0 Å². The largest absolute Gasteiger partial charge is 0.480 e. The lowest BCUT2D eigenvalue weighted by Gasteiger charge is -2.33. The lowest BCUT2D eigenvalue weighted by molar-refractivity contribution is -0.143. The van der Waals surface area contributed by atoms with Gasteiger partial charge in [-0.05, 0) is 26.4 Å². The van der Waals surface area contributed by atoms with Gasteiger partial charge in [0, 0.05) is 26.2 Å². The van der Waals surface area contributed by atoms with Gasteiger partial charge >= 0.3 is 5.97 Å². The smallest absolute Gasteiger partial charge is 0.320 e. The average Bonchev–Trinajstić information content (AvgIpc) is 2.78. The Hall–Kier alpha value is -1.14. The number of nitrogens with zero attached hydrogens (tertiary/aromatic N) is 3. The van der Waals surface area contributed by atoms with Gasteiger partial charge in [-0.2, -0.15) is 0 Å². The highest BCUT2D eigenvalue weighted by molar-refractivity contribution is 5.80. The van der Waals surface area contributed by atoms with Gasteiger partial charge in [0.05, 0.1) is 6.54 Å². The van der Waals surface area contributed by atoms with Crippen LogP contribution in [0.3, 0.4) is 0 Å². The number of likely N-dealkylation sites (tertiary alicyclic amines) is 1. The fourth-order valence-corrected chi connectivity index (χ4v) is 2.62. The molecule has 0 aromatic rings. The van der Waals surface area contributed by atoms with E-state index in [4.69, 9.17) is 5.11 Å². The van der Waals surface area contributed by atoms with Crippen molar-refractivity contribution in [2.24, 2.45) is 0 Å². The lowest BCUT2D eigenvalue weighted by atomic mass is 10.2. The first kappa shape index (κ1) is 13.3. The van der Waals surface area contributed by atoms with Gasteiger partial charge in [-0.1, -0.05) is 0 Å². The molecule has 0 unspecified atom stereocenters. The highest BCUT2D eigenvalue weighted by Gasteiger charge is 2.32. The van der Waals surface area contributed by atoms with E-state index in [1.807, 2.05) is 11.9 Å². The number of piperazine rings is 1. The Labute approximate surface area is 107 Å². The molecule has 2 aliphatic heterocycles. The fourth-order valence-electron chi connectivity index (χ4n) is 2.62. The van der Waals surface area contributed by atoms with Crippen LogP contribution in [0.25, 0.3) is 0 Å². The number of rotatable bonds is 3. The van der Waals surface area contributed by atoms with Crippen LogP contribution in [0.5, 0.6) is 0 Å². The van der Waals surface area contributed by atoms with E-state index in [0.29, 0.717) is 6.42 Å². The summed E-state index contributed by atoms with van der Waals surface area (Å²) in [4.78, 5) is 29.0. The number of amides is 1. The number of carbonyl (C=O) groups excluding carboxylic acids is 1. The van der Waals surface area contributed by atoms with Crippen LogP contribution in [-0.4, -0.2) is 84.0 Å². The van der Waals surface area contributed by atoms with E-state index < -0.39 is 12.0 Å². The van der Waals surface area contributed by atoms with Crippen molar-refractivity contribution in [1.82, 2.24) is 14.7 Å². The van der Waals surface area contributed by atoms with Crippen molar-refractivity contribution in [2.75, 3.05) is 46.3 Å². The van der Waals surface area contributed by atoms with Crippen LogP contribution in [0.4, 0.5) is 0 Å². The zero-order valence-electron chi connectivity index (χ0n) is 10.8. The van der Waals surface area contributed by atoms with Gasteiger partial charge in [-0.25, -0.2) is 0 Å². The van der Waals surface area contributed by atoms with E-state index in [1.165, 1.54) is 0 Å². The molecule has 2 heterocycles. The van der Waals surface area contributed by atoms with E-state index in [0.717, 1.165) is 39.1 Å². The van der Waals surface area contributed by atoms with Gasteiger partial charge in [0.25, 0.3) is 0 Å². The van der Waals surface area contributed by atoms with E-state index in [9.17, 15) is 9.59 Å². The first-order chi connectivity index (χ1) is 8.58. The SMILES string of the molecule is CN1CCN(C(=O)CN2CCC[C@H]2C(=O)O)CC1. The lowest BCUT2D eigenvalue weighted by Crippen LogP contribution is -2.51. The van der Waals surface area contributed by atoms with Crippen LogP contribution in [0.2, 0.25) is 0 Å². The molecular weight excluding hydrogens is 234 g/mol. The molecule has 0 saturated carbocycles. The number of hydrogen-bond donors (Lipinski definition) is 1. The predicted octanol–water partition coefficient (Wildman–Crippen LogP) is -0.691. The zero-order chi connectivity index (χ0) is 13.1. The molecule has 0 bridgehead atoms. The van der Waals surface area contributed by atoms with E-state index >= 15 is 0 Å². The molecule has 1 amide bonds. The molecule has 0 spiro atoms. The predicted molar refractivity (Wildman–Crippen MR) is 66.3 cm³/mol. The van der Waals surface area contributed by atoms with Gasteiger partial charge in [-0.15, -0.1) is 0 Å². The third-order valence-corrected chi connectivity index (χ3v) is 3.84. The summed E-state index contributed by atoms with van der Waals surface area (Å²) in [7, 11) is 2.04. The Kier molecular flexibility index (Phi) is 4.19. The van der Waals surface area contributed by atoms with Crippen molar-refractivity contribution in [2.45, 2.75) is 18.9 Å². The molecule has 2 rings (SSSR count). The second kappa shape index (κ2) is 5.67. The number of likely N-dealkylation sites (N-methyl/N-ethyl adjacent to an activating group) is 1. The molecule has 0 aromatic carbocycles. The van der Waals surface area contributed by atoms with Crippen molar-refractivity contribution >= 4 is 11.9 Å². The van der Waals surface area contributed by atoms with E-state index in [-0.39, 0.29) is 12.5 Å². The van der Waals surface area contributed by atoms with Gasteiger partial charge in [0.1, 0.15) is 6.04 Å². The van der Waals surface area contributed by atoms with Crippen LogP contribution in [0, 0.1) is 0 Å². The van der Waals surface area contributed by atoms with Gasteiger partial charge in [-0.3, -0.25) is 14.5 Å². The summed E-state index contributed by atoms with van der Waals surface area (Å²) in [5, 5.41) is 9.07. The molecular formula is C12H21N3O3.